The number of amides is 2. The third-order valence-electron chi connectivity index (χ3n) is 4.21. The van der Waals surface area contributed by atoms with Crippen molar-refractivity contribution in [1.82, 2.24) is 4.90 Å². The molecule has 1 fully saturated rings. The minimum atomic E-state index is -0.266. The van der Waals surface area contributed by atoms with Crippen LogP contribution in [0.5, 0.6) is 0 Å². The summed E-state index contributed by atoms with van der Waals surface area (Å²) < 4.78 is 13.1. The molecule has 0 spiro atoms. The van der Waals surface area contributed by atoms with E-state index in [2.05, 4.69) is 5.32 Å². The Bertz CT molecular complexity index is 717. The quantitative estimate of drug-likeness (QED) is 0.809. The molecule has 2 amide bonds. The molecular weight excluding hydrogens is 315 g/mol. The summed E-state index contributed by atoms with van der Waals surface area (Å²) in [6.07, 6.45) is 1.82. The highest BCUT2D eigenvalue weighted by molar-refractivity contribution is 6.31. The van der Waals surface area contributed by atoms with Gasteiger partial charge in [0.1, 0.15) is 5.82 Å². The fraction of sp³-hybridized carbons (Fsp3) is 0.278. The Kier molecular flexibility index (Phi) is 4.53. The number of likely N-dealkylation sites (tertiary alicyclic amines) is 1. The average Bonchev–Trinajstić information content (AvgIpc) is 3.01. The maximum atomic E-state index is 13.1. The lowest BCUT2D eigenvalue weighted by molar-refractivity contribution is 0.207. The first kappa shape index (κ1) is 15.8. The predicted molar refractivity (Wildman–Crippen MR) is 90.3 cm³/mol. The van der Waals surface area contributed by atoms with Crippen molar-refractivity contribution in [2.24, 2.45) is 0 Å². The smallest absolute Gasteiger partial charge is 0.317 e. The van der Waals surface area contributed by atoms with Crippen molar-refractivity contribution in [1.29, 1.82) is 0 Å². The van der Waals surface area contributed by atoms with Crippen LogP contribution in [-0.2, 0) is 0 Å². The van der Waals surface area contributed by atoms with Gasteiger partial charge in [0, 0.05) is 17.3 Å². The molecule has 0 radical (unpaired) electrons. The van der Waals surface area contributed by atoms with Gasteiger partial charge in [-0.15, -0.1) is 0 Å². The molecule has 0 aliphatic carbocycles. The second-order valence-electron chi connectivity index (χ2n) is 5.79. The van der Waals surface area contributed by atoms with E-state index in [1.807, 2.05) is 13.0 Å². The van der Waals surface area contributed by atoms with Gasteiger partial charge in [0.05, 0.1) is 6.04 Å². The molecule has 1 N–H and O–H groups in total. The van der Waals surface area contributed by atoms with Crippen LogP contribution in [0.3, 0.4) is 0 Å². The SMILES string of the molecule is Cc1ccc(Cl)cc1NC(=O)N1CCC[C@H]1c1ccc(F)cc1. The molecule has 23 heavy (non-hydrogen) atoms. The highest BCUT2D eigenvalue weighted by Gasteiger charge is 2.30. The lowest BCUT2D eigenvalue weighted by atomic mass is 10.0. The summed E-state index contributed by atoms with van der Waals surface area (Å²) in [5, 5.41) is 3.52. The van der Waals surface area contributed by atoms with Crippen LogP contribution in [0.25, 0.3) is 0 Å². The van der Waals surface area contributed by atoms with Crippen LogP contribution >= 0.6 is 11.6 Å². The van der Waals surface area contributed by atoms with E-state index in [0.717, 1.165) is 24.0 Å². The first-order valence-corrected chi connectivity index (χ1v) is 8.01. The summed E-state index contributed by atoms with van der Waals surface area (Å²) in [4.78, 5) is 14.4. The molecule has 3 nitrogen and oxygen atoms in total. The number of benzene rings is 2. The zero-order chi connectivity index (χ0) is 16.4. The van der Waals surface area contributed by atoms with Crippen LogP contribution in [0.1, 0.15) is 30.0 Å². The zero-order valence-electron chi connectivity index (χ0n) is 12.9. The molecule has 1 aliphatic heterocycles. The molecule has 0 saturated carbocycles. The van der Waals surface area contributed by atoms with Gasteiger partial charge in [-0.2, -0.15) is 0 Å². The summed E-state index contributed by atoms with van der Waals surface area (Å²) >= 11 is 6.00. The van der Waals surface area contributed by atoms with Gasteiger partial charge in [-0.1, -0.05) is 29.8 Å². The molecule has 120 valence electrons. The fourth-order valence-corrected chi connectivity index (χ4v) is 3.13. The van der Waals surface area contributed by atoms with Crippen molar-refractivity contribution < 1.29 is 9.18 Å². The molecule has 1 heterocycles. The van der Waals surface area contributed by atoms with E-state index < -0.39 is 0 Å². The summed E-state index contributed by atoms with van der Waals surface area (Å²) in [5.41, 5.74) is 2.63. The molecule has 0 aromatic heterocycles. The molecule has 1 saturated heterocycles. The van der Waals surface area contributed by atoms with E-state index in [1.165, 1.54) is 12.1 Å². The largest absolute Gasteiger partial charge is 0.322 e. The number of rotatable bonds is 2. The van der Waals surface area contributed by atoms with E-state index in [-0.39, 0.29) is 17.9 Å². The number of nitrogens with one attached hydrogen (secondary N) is 1. The number of hydrogen-bond donors (Lipinski definition) is 1. The van der Waals surface area contributed by atoms with E-state index >= 15 is 0 Å². The maximum absolute atomic E-state index is 13.1. The van der Waals surface area contributed by atoms with Crippen molar-refractivity contribution in [3.63, 3.8) is 0 Å². The van der Waals surface area contributed by atoms with Crippen LogP contribution in [-0.4, -0.2) is 17.5 Å². The van der Waals surface area contributed by atoms with E-state index in [1.54, 1.807) is 29.2 Å². The summed E-state index contributed by atoms with van der Waals surface area (Å²) in [5.74, 6) is -0.266. The second-order valence-corrected chi connectivity index (χ2v) is 6.23. The first-order valence-electron chi connectivity index (χ1n) is 7.64. The predicted octanol–water partition coefficient (Wildman–Crippen LogP) is 5.16. The Labute approximate surface area is 140 Å². The van der Waals surface area contributed by atoms with Gasteiger partial charge in [0.25, 0.3) is 0 Å². The number of halogens is 2. The highest BCUT2D eigenvalue weighted by atomic mass is 35.5. The number of aryl methyl sites for hydroxylation is 1. The molecule has 0 bridgehead atoms. The lowest BCUT2D eigenvalue weighted by Crippen LogP contribution is -2.34. The Morgan fingerprint density at radius 2 is 2.00 bits per heavy atom. The van der Waals surface area contributed by atoms with Crippen molar-refractivity contribution >= 4 is 23.3 Å². The van der Waals surface area contributed by atoms with Crippen LogP contribution in [0.15, 0.2) is 42.5 Å². The molecule has 5 heteroatoms. The van der Waals surface area contributed by atoms with Gasteiger partial charge in [-0.3, -0.25) is 0 Å². The molecular formula is C18H18ClFN2O. The van der Waals surface area contributed by atoms with E-state index in [0.29, 0.717) is 17.3 Å². The third kappa shape index (κ3) is 3.48. The average molecular weight is 333 g/mol. The Balaban J connectivity index is 1.78. The van der Waals surface area contributed by atoms with Gasteiger partial charge >= 0.3 is 6.03 Å². The minimum Gasteiger partial charge on any atom is -0.317 e. The van der Waals surface area contributed by atoms with Crippen molar-refractivity contribution in [2.75, 3.05) is 11.9 Å². The summed E-state index contributed by atoms with van der Waals surface area (Å²) in [6, 6.07) is 11.6. The summed E-state index contributed by atoms with van der Waals surface area (Å²) in [6.45, 7) is 2.61. The normalized spacial score (nSPS) is 17.3. The third-order valence-corrected chi connectivity index (χ3v) is 4.44. The molecule has 1 atom stereocenters. The molecule has 3 rings (SSSR count). The monoisotopic (exact) mass is 332 g/mol. The Hall–Kier alpha value is -2.07. The van der Waals surface area contributed by atoms with E-state index in [4.69, 9.17) is 11.6 Å². The standard InChI is InChI=1S/C18H18ClFN2O/c1-12-4-7-14(19)11-16(12)21-18(23)22-10-2-3-17(22)13-5-8-15(20)9-6-13/h4-9,11,17H,2-3,10H2,1H3,(H,21,23)/t17-/m0/s1. The number of hydrogen-bond acceptors (Lipinski definition) is 1. The van der Waals surface area contributed by atoms with Gasteiger partial charge in [0.2, 0.25) is 0 Å². The Morgan fingerprint density at radius 1 is 1.26 bits per heavy atom. The van der Waals surface area contributed by atoms with Crippen molar-refractivity contribution in [3.05, 3.63) is 64.4 Å². The number of anilines is 1. The van der Waals surface area contributed by atoms with Crippen LogP contribution in [0.2, 0.25) is 5.02 Å². The first-order chi connectivity index (χ1) is 11.0. The summed E-state index contributed by atoms with van der Waals surface area (Å²) in [7, 11) is 0. The van der Waals surface area contributed by atoms with Crippen molar-refractivity contribution in [3.8, 4) is 0 Å². The number of nitrogens with zero attached hydrogens (tertiary/aromatic N) is 1. The van der Waals surface area contributed by atoms with Crippen LogP contribution in [0, 0.1) is 12.7 Å². The van der Waals surface area contributed by atoms with Crippen LogP contribution in [0.4, 0.5) is 14.9 Å². The maximum Gasteiger partial charge on any atom is 0.322 e. The number of carbonyl (C=O) groups is 1. The minimum absolute atomic E-state index is 0.0184. The molecule has 2 aromatic rings. The number of carbonyl (C=O) groups excluding carboxylic acids is 1. The van der Waals surface area contributed by atoms with Gasteiger partial charge in [-0.25, -0.2) is 9.18 Å². The van der Waals surface area contributed by atoms with Crippen LogP contribution < -0.4 is 5.32 Å². The Morgan fingerprint density at radius 3 is 2.74 bits per heavy atom. The molecule has 0 unspecified atom stereocenters. The van der Waals surface area contributed by atoms with Crippen molar-refractivity contribution in [2.45, 2.75) is 25.8 Å². The number of urea groups is 1. The van der Waals surface area contributed by atoms with Gasteiger partial charge in [0.15, 0.2) is 0 Å². The van der Waals surface area contributed by atoms with Gasteiger partial charge < -0.3 is 10.2 Å². The molecule has 1 aliphatic rings. The highest BCUT2D eigenvalue weighted by Crippen LogP contribution is 2.33. The zero-order valence-corrected chi connectivity index (χ0v) is 13.6. The van der Waals surface area contributed by atoms with E-state index in [9.17, 15) is 9.18 Å². The topological polar surface area (TPSA) is 32.3 Å². The second kappa shape index (κ2) is 6.59. The fourth-order valence-electron chi connectivity index (χ4n) is 2.96. The lowest BCUT2D eigenvalue weighted by Gasteiger charge is -2.25. The van der Waals surface area contributed by atoms with Gasteiger partial charge in [-0.05, 0) is 55.2 Å². The molecule has 2 aromatic carbocycles.